The highest BCUT2D eigenvalue weighted by Crippen LogP contribution is 2.36. The van der Waals surface area contributed by atoms with Gasteiger partial charge in [0.15, 0.2) is 0 Å². The molecule has 0 atom stereocenters. The lowest BCUT2D eigenvalue weighted by Gasteiger charge is -2.25. The monoisotopic (exact) mass is 350 g/mol. The van der Waals surface area contributed by atoms with E-state index in [9.17, 15) is 20.2 Å². The van der Waals surface area contributed by atoms with Crippen molar-refractivity contribution in [1.82, 2.24) is 0 Å². The van der Waals surface area contributed by atoms with E-state index in [4.69, 9.17) is 5.73 Å². The minimum Gasteiger partial charge on any atom is -0.399 e. The van der Waals surface area contributed by atoms with E-state index < -0.39 is 9.85 Å². The third-order valence-electron chi connectivity index (χ3n) is 3.79. The maximum Gasteiger partial charge on any atom is 0.269 e. The van der Waals surface area contributed by atoms with E-state index in [-0.39, 0.29) is 11.4 Å². The van der Waals surface area contributed by atoms with Gasteiger partial charge >= 0.3 is 0 Å². The van der Waals surface area contributed by atoms with Crippen LogP contribution in [0.2, 0.25) is 0 Å². The zero-order chi connectivity index (χ0) is 18.7. The second-order valence-electron chi connectivity index (χ2n) is 5.47. The fourth-order valence-corrected chi connectivity index (χ4v) is 2.52. The van der Waals surface area contributed by atoms with E-state index in [1.807, 2.05) is 4.90 Å². The van der Waals surface area contributed by atoms with Gasteiger partial charge in [-0.25, -0.2) is 0 Å². The number of nitrogen functional groups attached to an aromatic ring is 1. The second-order valence-corrected chi connectivity index (χ2v) is 5.47. The summed E-state index contributed by atoms with van der Waals surface area (Å²) < 4.78 is 0. The Morgan fingerprint density at radius 2 is 0.923 bits per heavy atom. The normalized spacial score (nSPS) is 10.3. The molecule has 0 heterocycles. The molecule has 0 spiro atoms. The molecule has 0 amide bonds. The minimum atomic E-state index is -0.469. The van der Waals surface area contributed by atoms with Crippen molar-refractivity contribution in [3.05, 3.63) is 93.0 Å². The van der Waals surface area contributed by atoms with Crippen LogP contribution in [0.1, 0.15) is 0 Å². The predicted molar refractivity (Wildman–Crippen MR) is 98.8 cm³/mol. The number of hydrogen-bond acceptors (Lipinski definition) is 6. The summed E-state index contributed by atoms with van der Waals surface area (Å²) in [5.41, 5.74) is 8.42. The fourth-order valence-electron chi connectivity index (χ4n) is 2.52. The molecule has 2 N–H and O–H groups in total. The zero-order valence-electron chi connectivity index (χ0n) is 13.5. The molecule has 8 heteroatoms. The molecule has 0 aliphatic heterocycles. The van der Waals surface area contributed by atoms with Gasteiger partial charge in [0.05, 0.1) is 9.85 Å². The second kappa shape index (κ2) is 6.89. The van der Waals surface area contributed by atoms with Gasteiger partial charge in [0.25, 0.3) is 11.4 Å². The molecular formula is C18H14N4O4. The van der Waals surface area contributed by atoms with Crippen molar-refractivity contribution >= 4 is 34.1 Å². The third kappa shape index (κ3) is 3.44. The first-order valence-corrected chi connectivity index (χ1v) is 7.60. The molecule has 130 valence electrons. The summed E-state index contributed by atoms with van der Waals surface area (Å²) in [7, 11) is 0. The molecule has 0 saturated carbocycles. The topological polar surface area (TPSA) is 116 Å². The van der Waals surface area contributed by atoms with Crippen LogP contribution in [-0.2, 0) is 0 Å². The average molecular weight is 350 g/mol. The molecule has 0 fully saturated rings. The zero-order valence-corrected chi connectivity index (χ0v) is 13.5. The van der Waals surface area contributed by atoms with Crippen LogP contribution in [0, 0.1) is 20.2 Å². The lowest BCUT2D eigenvalue weighted by molar-refractivity contribution is -0.385. The summed E-state index contributed by atoms with van der Waals surface area (Å²) in [4.78, 5) is 22.6. The van der Waals surface area contributed by atoms with Gasteiger partial charge in [-0.1, -0.05) is 0 Å². The fraction of sp³-hybridized carbons (Fsp3) is 0. The van der Waals surface area contributed by atoms with E-state index in [1.54, 1.807) is 48.5 Å². The summed E-state index contributed by atoms with van der Waals surface area (Å²) in [5.74, 6) is 0. The van der Waals surface area contributed by atoms with Crippen molar-refractivity contribution in [3.63, 3.8) is 0 Å². The van der Waals surface area contributed by atoms with Crippen LogP contribution in [0.3, 0.4) is 0 Å². The van der Waals surface area contributed by atoms with Crippen LogP contribution >= 0.6 is 0 Å². The van der Waals surface area contributed by atoms with Crippen molar-refractivity contribution in [3.8, 4) is 0 Å². The lowest BCUT2D eigenvalue weighted by atomic mass is 10.1. The van der Waals surface area contributed by atoms with E-state index >= 15 is 0 Å². The highest BCUT2D eigenvalue weighted by atomic mass is 16.6. The largest absolute Gasteiger partial charge is 0.399 e. The number of nitrogens with two attached hydrogens (primary N) is 1. The van der Waals surface area contributed by atoms with Gasteiger partial charge in [0.1, 0.15) is 0 Å². The molecule has 0 bridgehead atoms. The number of nitro groups is 2. The van der Waals surface area contributed by atoms with Crippen LogP contribution < -0.4 is 10.6 Å². The molecule has 0 saturated heterocycles. The molecule has 0 aliphatic rings. The maximum absolute atomic E-state index is 10.9. The van der Waals surface area contributed by atoms with Crippen molar-refractivity contribution < 1.29 is 9.85 Å². The Kier molecular flexibility index (Phi) is 4.48. The molecule has 3 rings (SSSR count). The Morgan fingerprint density at radius 3 is 1.23 bits per heavy atom. The number of anilines is 4. The maximum atomic E-state index is 10.9. The molecule has 0 aliphatic carbocycles. The number of benzene rings is 3. The van der Waals surface area contributed by atoms with E-state index in [1.165, 1.54) is 24.3 Å². The third-order valence-corrected chi connectivity index (χ3v) is 3.79. The van der Waals surface area contributed by atoms with Gasteiger partial charge in [0.2, 0.25) is 0 Å². The minimum absolute atomic E-state index is 0.0188. The van der Waals surface area contributed by atoms with Gasteiger partial charge in [0, 0.05) is 47.0 Å². The Hall–Kier alpha value is -3.94. The number of rotatable bonds is 5. The van der Waals surface area contributed by atoms with Gasteiger partial charge in [-0.05, 0) is 48.5 Å². The first-order valence-electron chi connectivity index (χ1n) is 7.60. The molecule has 0 unspecified atom stereocenters. The lowest BCUT2D eigenvalue weighted by Crippen LogP contribution is -2.10. The SMILES string of the molecule is Nc1ccc(N(c2ccc([N+](=O)[O-])cc2)c2ccc([N+](=O)[O-])cc2)cc1. The first kappa shape index (κ1) is 16.9. The van der Waals surface area contributed by atoms with Gasteiger partial charge in [-0.15, -0.1) is 0 Å². The Balaban J connectivity index is 2.08. The van der Waals surface area contributed by atoms with E-state index in [0.29, 0.717) is 17.1 Å². The van der Waals surface area contributed by atoms with Gasteiger partial charge in [-0.3, -0.25) is 20.2 Å². The summed E-state index contributed by atoms with van der Waals surface area (Å²) in [6.45, 7) is 0. The summed E-state index contributed by atoms with van der Waals surface area (Å²) >= 11 is 0. The number of non-ortho nitro benzene ring substituents is 2. The van der Waals surface area contributed by atoms with Gasteiger partial charge in [-0.2, -0.15) is 0 Å². The van der Waals surface area contributed by atoms with E-state index in [0.717, 1.165) is 5.69 Å². The van der Waals surface area contributed by atoms with Crippen molar-refractivity contribution in [2.24, 2.45) is 0 Å². The van der Waals surface area contributed by atoms with Crippen LogP contribution in [0.25, 0.3) is 0 Å². The molecule has 3 aromatic rings. The summed E-state index contributed by atoms with van der Waals surface area (Å²) in [5, 5.41) is 21.8. The van der Waals surface area contributed by atoms with Crippen molar-refractivity contribution in [2.45, 2.75) is 0 Å². The predicted octanol–water partition coefficient (Wildman–Crippen LogP) is 4.56. The van der Waals surface area contributed by atoms with E-state index in [2.05, 4.69) is 0 Å². The first-order chi connectivity index (χ1) is 12.5. The van der Waals surface area contributed by atoms with Crippen LogP contribution in [0.4, 0.5) is 34.1 Å². The Bertz CT molecular complexity index is 881. The molecule has 26 heavy (non-hydrogen) atoms. The molecule has 0 radical (unpaired) electrons. The molecule has 0 aromatic heterocycles. The molecule has 8 nitrogen and oxygen atoms in total. The summed E-state index contributed by atoms with van der Waals surface area (Å²) in [6, 6.07) is 19.2. The molecule has 3 aromatic carbocycles. The Labute approximate surface area is 148 Å². The Morgan fingerprint density at radius 1 is 0.615 bits per heavy atom. The van der Waals surface area contributed by atoms with Crippen LogP contribution in [0.5, 0.6) is 0 Å². The standard InChI is InChI=1S/C18H14N4O4/c19-13-1-3-14(4-2-13)20(15-5-9-17(10-6-15)21(23)24)16-7-11-18(12-8-16)22(25)26/h1-12H,19H2. The number of nitro benzene ring substituents is 2. The van der Waals surface area contributed by atoms with Crippen molar-refractivity contribution in [2.75, 3.05) is 10.6 Å². The molecular weight excluding hydrogens is 336 g/mol. The highest BCUT2D eigenvalue weighted by Gasteiger charge is 2.15. The van der Waals surface area contributed by atoms with Gasteiger partial charge < -0.3 is 10.6 Å². The number of hydrogen-bond donors (Lipinski definition) is 1. The summed E-state index contributed by atoms with van der Waals surface area (Å²) in [6.07, 6.45) is 0. The highest BCUT2D eigenvalue weighted by molar-refractivity contribution is 5.77. The van der Waals surface area contributed by atoms with Crippen molar-refractivity contribution in [1.29, 1.82) is 0 Å². The quantitative estimate of drug-likeness (QED) is 0.410. The van der Waals surface area contributed by atoms with Crippen LogP contribution in [0.15, 0.2) is 72.8 Å². The smallest absolute Gasteiger partial charge is 0.269 e. The number of nitrogens with zero attached hydrogens (tertiary/aromatic N) is 3. The average Bonchev–Trinajstić information content (AvgIpc) is 2.64. The van der Waals surface area contributed by atoms with Crippen LogP contribution in [-0.4, -0.2) is 9.85 Å².